The number of benzene rings is 9. The highest BCUT2D eigenvalue weighted by atomic mass is 16.3. The molecule has 0 spiro atoms. The molecule has 0 fully saturated rings. The minimum Gasteiger partial charge on any atom is -0.456 e. The third kappa shape index (κ3) is 5.68. The van der Waals surface area contributed by atoms with Crippen LogP contribution in [0, 0.1) is 0 Å². The van der Waals surface area contributed by atoms with E-state index in [1.807, 2.05) is 12.1 Å². The summed E-state index contributed by atoms with van der Waals surface area (Å²) in [5.41, 5.74) is 15.3. The van der Waals surface area contributed by atoms with Crippen molar-refractivity contribution in [3.05, 3.63) is 218 Å². The van der Waals surface area contributed by atoms with Crippen LogP contribution < -0.4 is 4.90 Å². The predicted molar refractivity (Wildman–Crippen MR) is 239 cm³/mol. The monoisotopic (exact) mass is 728 g/mol. The molecule has 2 aromatic heterocycles. The zero-order valence-electron chi connectivity index (χ0n) is 31.1. The summed E-state index contributed by atoms with van der Waals surface area (Å²) >= 11 is 0. The first kappa shape index (κ1) is 32.8. The number of rotatable bonds is 7. The minimum atomic E-state index is 0.873. The fraction of sp³-hybridized carbons (Fsp3) is 0. The highest BCUT2D eigenvalue weighted by Crippen LogP contribution is 2.47. The van der Waals surface area contributed by atoms with Crippen LogP contribution in [0.1, 0.15) is 0 Å². The summed E-state index contributed by atoms with van der Waals surface area (Å²) in [6.07, 6.45) is 0. The summed E-state index contributed by atoms with van der Waals surface area (Å²) in [7, 11) is 0. The van der Waals surface area contributed by atoms with Gasteiger partial charge >= 0.3 is 0 Å². The minimum absolute atomic E-state index is 0.873. The largest absolute Gasteiger partial charge is 0.456 e. The van der Waals surface area contributed by atoms with E-state index in [1.165, 1.54) is 38.5 Å². The molecule has 0 aliphatic heterocycles. The average molecular weight is 729 g/mol. The second-order valence-electron chi connectivity index (χ2n) is 14.5. The lowest BCUT2D eigenvalue weighted by molar-refractivity contribution is 0.669. The molecule has 0 saturated heterocycles. The highest BCUT2D eigenvalue weighted by Gasteiger charge is 2.23. The number of fused-ring (bicyclic) bond motifs is 6. The Balaban J connectivity index is 1.20. The predicted octanol–water partition coefficient (Wildman–Crippen LogP) is 15.2. The summed E-state index contributed by atoms with van der Waals surface area (Å²) in [5, 5.41) is 4.64. The smallest absolute Gasteiger partial charge is 0.136 e. The first-order chi connectivity index (χ1) is 28.3. The molecule has 0 aliphatic rings. The van der Waals surface area contributed by atoms with E-state index < -0.39 is 0 Å². The lowest BCUT2D eigenvalue weighted by Gasteiger charge is -2.29. The van der Waals surface area contributed by atoms with E-state index in [9.17, 15) is 0 Å². The number of hydrogen-bond acceptors (Lipinski definition) is 2. The number of nitrogens with zero attached hydrogens (tertiary/aromatic N) is 2. The van der Waals surface area contributed by atoms with E-state index in [1.54, 1.807) is 0 Å². The molecule has 0 atom stereocenters. The van der Waals surface area contributed by atoms with Gasteiger partial charge in [0.25, 0.3) is 0 Å². The van der Waals surface area contributed by atoms with Crippen LogP contribution in [-0.2, 0) is 0 Å². The van der Waals surface area contributed by atoms with E-state index in [2.05, 4.69) is 216 Å². The van der Waals surface area contributed by atoms with Gasteiger partial charge in [-0.15, -0.1) is 0 Å². The van der Waals surface area contributed by atoms with Crippen molar-refractivity contribution in [2.45, 2.75) is 0 Å². The maximum atomic E-state index is 6.50. The average Bonchev–Trinajstić information content (AvgIpc) is 3.82. The summed E-state index contributed by atoms with van der Waals surface area (Å²) in [4.78, 5) is 2.41. The van der Waals surface area contributed by atoms with Gasteiger partial charge in [0.05, 0.1) is 16.7 Å². The third-order valence-electron chi connectivity index (χ3n) is 11.2. The van der Waals surface area contributed by atoms with Crippen molar-refractivity contribution in [1.29, 1.82) is 0 Å². The molecule has 57 heavy (non-hydrogen) atoms. The Hall–Kier alpha value is -7.62. The van der Waals surface area contributed by atoms with E-state index in [0.717, 1.165) is 61.3 Å². The quantitative estimate of drug-likeness (QED) is 0.163. The lowest BCUT2D eigenvalue weighted by Crippen LogP contribution is -2.11. The van der Waals surface area contributed by atoms with E-state index in [0.29, 0.717) is 0 Å². The number of aromatic nitrogens is 1. The molecule has 11 rings (SSSR count). The fourth-order valence-corrected chi connectivity index (χ4v) is 8.46. The molecule has 268 valence electrons. The van der Waals surface area contributed by atoms with Gasteiger partial charge in [-0.25, -0.2) is 0 Å². The van der Waals surface area contributed by atoms with Crippen LogP contribution in [0.3, 0.4) is 0 Å². The molecule has 0 radical (unpaired) electrons. The Kier molecular flexibility index (Phi) is 7.82. The molecule has 3 heteroatoms. The topological polar surface area (TPSA) is 21.3 Å². The third-order valence-corrected chi connectivity index (χ3v) is 11.2. The second-order valence-corrected chi connectivity index (χ2v) is 14.5. The highest BCUT2D eigenvalue weighted by molar-refractivity contribution is 6.13. The Bertz CT molecular complexity index is 3120. The van der Waals surface area contributed by atoms with Crippen LogP contribution >= 0.6 is 0 Å². The van der Waals surface area contributed by atoms with Crippen molar-refractivity contribution in [1.82, 2.24) is 4.57 Å². The molecule has 0 bridgehead atoms. The maximum Gasteiger partial charge on any atom is 0.136 e. The molecule has 2 heterocycles. The van der Waals surface area contributed by atoms with Crippen molar-refractivity contribution in [3.8, 4) is 39.1 Å². The fourth-order valence-electron chi connectivity index (χ4n) is 8.46. The molecule has 3 nitrogen and oxygen atoms in total. The van der Waals surface area contributed by atoms with E-state index in [-0.39, 0.29) is 0 Å². The first-order valence-corrected chi connectivity index (χ1v) is 19.4. The first-order valence-electron chi connectivity index (χ1n) is 19.4. The van der Waals surface area contributed by atoms with E-state index in [4.69, 9.17) is 4.42 Å². The molecule has 11 aromatic rings. The van der Waals surface area contributed by atoms with Crippen LogP contribution in [-0.4, -0.2) is 4.57 Å². The van der Waals surface area contributed by atoms with Crippen molar-refractivity contribution >= 4 is 60.8 Å². The van der Waals surface area contributed by atoms with Gasteiger partial charge in [-0.1, -0.05) is 146 Å². The van der Waals surface area contributed by atoms with Gasteiger partial charge in [-0.2, -0.15) is 0 Å². The molecule has 0 amide bonds. The Morgan fingerprint density at radius 2 is 0.842 bits per heavy atom. The SMILES string of the molecule is c1ccc(-c2ccc(N(c3ccc(-c4ccccc4)cc3)c3cc4c(cc3-c3ccc5c(c3)oc3ccccc35)c3ccccc3n4-c3ccccc3)cc2)cc1. The van der Waals surface area contributed by atoms with Gasteiger partial charge in [-0.3, -0.25) is 0 Å². The molecule has 0 aliphatic carbocycles. The summed E-state index contributed by atoms with van der Waals surface area (Å²) in [6, 6.07) is 78.2. The number of furan rings is 1. The summed E-state index contributed by atoms with van der Waals surface area (Å²) in [5.74, 6) is 0. The zero-order chi connectivity index (χ0) is 37.7. The number of para-hydroxylation sites is 3. The van der Waals surface area contributed by atoms with Gasteiger partial charge in [0.15, 0.2) is 0 Å². The van der Waals surface area contributed by atoms with E-state index >= 15 is 0 Å². The Morgan fingerprint density at radius 3 is 1.49 bits per heavy atom. The van der Waals surface area contributed by atoms with Gasteiger partial charge in [-0.05, 0) is 101 Å². The number of anilines is 3. The van der Waals surface area contributed by atoms with Crippen molar-refractivity contribution in [2.75, 3.05) is 4.90 Å². The zero-order valence-corrected chi connectivity index (χ0v) is 31.1. The standard InChI is InChI=1S/C54H36N2O/c1-4-14-37(15-5-1)39-24-29-43(30-25-39)55(44-31-26-40(27-32-44)38-16-6-2-7-17-38)51-36-52-49(45-20-10-12-22-50(45)56(52)42-18-8-3-9-19-42)35-48(51)41-28-33-47-46-21-11-13-23-53(46)57-54(47)34-41/h1-36H. The van der Waals surface area contributed by atoms with Crippen LogP contribution in [0.2, 0.25) is 0 Å². The molecule has 0 saturated carbocycles. The van der Waals surface area contributed by atoms with Crippen LogP contribution in [0.25, 0.3) is 82.8 Å². The van der Waals surface area contributed by atoms with Crippen molar-refractivity contribution in [3.63, 3.8) is 0 Å². The van der Waals surface area contributed by atoms with Gasteiger partial charge in [0.2, 0.25) is 0 Å². The van der Waals surface area contributed by atoms with Gasteiger partial charge in [0, 0.05) is 44.2 Å². The molecule has 0 N–H and O–H groups in total. The molecular weight excluding hydrogens is 693 g/mol. The van der Waals surface area contributed by atoms with Crippen LogP contribution in [0.5, 0.6) is 0 Å². The van der Waals surface area contributed by atoms with Crippen molar-refractivity contribution < 1.29 is 4.42 Å². The normalized spacial score (nSPS) is 11.5. The maximum absolute atomic E-state index is 6.50. The van der Waals surface area contributed by atoms with Gasteiger partial charge < -0.3 is 13.9 Å². The van der Waals surface area contributed by atoms with Crippen molar-refractivity contribution in [2.24, 2.45) is 0 Å². The Labute approximate surface area is 330 Å². The number of hydrogen-bond donors (Lipinski definition) is 0. The summed E-state index contributed by atoms with van der Waals surface area (Å²) < 4.78 is 8.89. The van der Waals surface area contributed by atoms with Gasteiger partial charge in [0.1, 0.15) is 11.2 Å². The lowest BCUT2D eigenvalue weighted by atomic mass is 9.97. The second kappa shape index (κ2) is 13.6. The summed E-state index contributed by atoms with van der Waals surface area (Å²) in [6.45, 7) is 0. The molecule has 9 aromatic carbocycles. The Morgan fingerprint density at radius 1 is 0.333 bits per heavy atom. The van der Waals surface area contributed by atoms with Crippen LogP contribution in [0.15, 0.2) is 223 Å². The molecule has 0 unspecified atom stereocenters. The van der Waals surface area contributed by atoms with Crippen LogP contribution in [0.4, 0.5) is 17.1 Å². The molecular formula is C54H36N2O.